The molecule has 0 aromatic carbocycles. The van der Waals surface area contributed by atoms with E-state index < -0.39 is 10.8 Å². The molecule has 3 saturated heterocycles. The first kappa shape index (κ1) is 13.3. The van der Waals surface area contributed by atoms with Crippen LogP contribution in [-0.2, 0) is 24.3 Å². The van der Waals surface area contributed by atoms with E-state index in [9.17, 15) is 4.04 Å². The molecule has 0 aromatic heterocycles. The van der Waals surface area contributed by atoms with Crippen molar-refractivity contribution in [3.8, 4) is 0 Å². The first-order valence-corrected chi connectivity index (χ1v) is 9.62. The quantitative estimate of drug-likeness (QED) is 0.445. The summed E-state index contributed by atoms with van der Waals surface area (Å²) < 4.78 is 26.9. The number of fused-ring (bicyclic) bond motifs is 1. The third-order valence-electron chi connectivity index (χ3n) is 5.15. The van der Waals surface area contributed by atoms with Gasteiger partial charge in [-0.2, -0.15) is 0 Å². The van der Waals surface area contributed by atoms with E-state index in [0.29, 0.717) is 11.6 Å². The third-order valence-corrected chi connectivity index (χ3v) is 7.35. The van der Waals surface area contributed by atoms with Crippen molar-refractivity contribution in [2.45, 2.75) is 74.2 Å². The van der Waals surface area contributed by atoms with E-state index in [2.05, 4.69) is 20.2 Å². The summed E-state index contributed by atoms with van der Waals surface area (Å²) in [5, 5.41) is 0.229. The Morgan fingerprint density at radius 2 is 2.11 bits per heavy atom. The molecule has 5 atom stereocenters. The van der Waals surface area contributed by atoms with Crippen LogP contribution in [0.2, 0.25) is 0 Å². The molecule has 0 amide bonds. The fourth-order valence-electron chi connectivity index (χ4n) is 4.39. The molecule has 4 rings (SSSR count). The second kappa shape index (κ2) is 5.14. The molecule has 0 N–H and O–H groups in total. The van der Waals surface area contributed by atoms with Gasteiger partial charge in [0.25, 0.3) is 0 Å². The van der Waals surface area contributed by atoms with Crippen LogP contribution < -0.4 is 0 Å². The second-order valence-corrected chi connectivity index (χ2v) is 8.11. The molecule has 0 radical (unpaired) electrons. The molecular formula is C13H20BrNO3S. The number of halogens is 1. The number of nitrogens with zero attached hydrogens (tertiary/aromatic N) is 1. The summed E-state index contributed by atoms with van der Waals surface area (Å²) in [4.78, 5) is 0. The van der Waals surface area contributed by atoms with Crippen LogP contribution in [0.4, 0.5) is 0 Å². The number of ether oxygens (including phenoxy) is 2. The van der Waals surface area contributed by atoms with Crippen molar-refractivity contribution in [2.75, 3.05) is 5.52 Å². The predicted molar refractivity (Wildman–Crippen MR) is 76.3 cm³/mol. The van der Waals surface area contributed by atoms with Gasteiger partial charge in [0.05, 0.1) is 0 Å². The molecule has 1 aliphatic carbocycles. The summed E-state index contributed by atoms with van der Waals surface area (Å²) in [6, 6.07) is 0.708. The molecule has 4 aliphatic rings. The molecule has 2 bridgehead atoms. The van der Waals surface area contributed by atoms with E-state index >= 15 is 0 Å². The van der Waals surface area contributed by atoms with E-state index in [-0.39, 0.29) is 29.6 Å². The fraction of sp³-hybridized carbons (Fsp3) is 1.00. The minimum atomic E-state index is -0.863. The van der Waals surface area contributed by atoms with Gasteiger partial charge in [-0.1, -0.05) is 0 Å². The molecule has 1 saturated carbocycles. The predicted octanol–water partition coefficient (Wildman–Crippen LogP) is 2.16. The molecule has 5 unspecified atom stereocenters. The van der Waals surface area contributed by atoms with Crippen LogP contribution >= 0.6 is 15.9 Å². The van der Waals surface area contributed by atoms with Crippen molar-refractivity contribution in [1.29, 1.82) is 0 Å². The Morgan fingerprint density at radius 3 is 2.84 bits per heavy atom. The van der Waals surface area contributed by atoms with Gasteiger partial charge in [0.1, 0.15) is 0 Å². The number of rotatable bonds is 3. The Balaban J connectivity index is 1.62. The summed E-state index contributed by atoms with van der Waals surface area (Å²) in [5.41, 5.74) is 0.538. The first-order valence-electron chi connectivity index (χ1n) is 7.33. The Hall–Kier alpha value is 0.670. The monoisotopic (exact) mass is 349 g/mol. The molecule has 4 fully saturated rings. The second-order valence-electron chi connectivity index (χ2n) is 6.07. The van der Waals surface area contributed by atoms with E-state index in [4.69, 9.17) is 9.47 Å². The van der Waals surface area contributed by atoms with Gasteiger partial charge in [0, 0.05) is 0 Å². The first-order chi connectivity index (χ1) is 9.31. The Morgan fingerprint density at radius 1 is 1.32 bits per heavy atom. The average molecular weight is 350 g/mol. The van der Waals surface area contributed by atoms with Gasteiger partial charge in [-0.05, 0) is 0 Å². The normalized spacial score (nSPS) is 47.3. The van der Waals surface area contributed by atoms with E-state index in [1.165, 1.54) is 32.1 Å². The standard InChI is InChI=1S/C13H20BrNO3S/c14-7-17-12-9-6-10-13(18-9)11(12)15(19(10)16)8-4-2-1-3-5-8/h8-13H,1-7H2. The SMILES string of the molecule is [O+]#[S-]1C2CC3OC2C(C3OCBr)N1C1CCCCC1. The average Bonchev–Trinajstić information content (AvgIpc) is 3.04. The number of hydrogen-bond donors (Lipinski definition) is 0. The van der Waals surface area contributed by atoms with Crippen molar-refractivity contribution in [1.82, 2.24) is 4.31 Å². The molecule has 108 valence electrons. The van der Waals surface area contributed by atoms with Gasteiger partial charge >= 0.3 is 124 Å². The molecule has 3 heterocycles. The van der Waals surface area contributed by atoms with Gasteiger partial charge in [-0.25, -0.2) is 0 Å². The minimum absolute atomic E-state index is 0.106. The van der Waals surface area contributed by atoms with Crippen LogP contribution in [0.25, 0.3) is 0 Å². The van der Waals surface area contributed by atoms with Crippen molar-refractivity contribution >= 4 is 26.8 Å². The molecular weight excluding hydrogens is 330 g/mol. The van der Waals surface area contributed by atoms with E-state index in [1.54, 1.807) is 0 Å². The van der Waals surface area contributed by atoms with Crippen LogP contribution in [0, 0.1) is 0 Å². The maximum atomic E-state index is 12.8. The van der Waals surface area contributed by atoms with Crippen molar-refractivity contribution in [3.63, 3.8) is 0 Å². The van der Waals surface area contributed by atoms with Gasteiger partial charge in [0.2, 0.25) is 0 Å². The molecule has 0 spiro atoms. The Kier molecular flexibility index (Phi) is 3.61. The zero-order valence-corrected chi connectivity index (χ0v) is 13.3. The van der Waals surface area contributed by atoms with Crippen molar-refractivity contribution in [2.24, 2.45) is 0 Å². The van der Waals surface area contributed by atoms with Gasteiger partial charge in [-0.3, -0.25) is 0 Å². The van der Waals surface area contributed by atoms with Crippen molar-refractivity contribution < 1.29 is 13.5 Å². The molecule has 3 aliphatic heterocycles. The molecule has 0 aromatic rings. The Labute approximate surface area is 124 Å². The van der Waals surface area contributed by atoms with Gasteiger partial charge in [-0.15, -0.1) is 0 Å². The Bertz CT molecular complexity index is 433. The van der Waals surface area contributed by atoms with Gasteiger partial charge in [0.15, 0.2) is 0 Å². The van der Waals surface area contributed by atoms with Crippen LogP contribution in [0.3, 0.4) is 0 Å². The summed E-state index contributed by atoms with van der Waals surface area (Å²) in [6.07, 6.45) is 7.58. The van der Waals surface area contributed by atoms with E-state index in [1.807, 2.05) is 0 Å². The fourth-order valence-corrected chi connectivity index (χ4v) is 6.81. The summed E-state index contributed by atoms with van der Waals surface area (Å²) >= 11 is 3.36. The van der Waals surface area contributed by atoms with Crippen molar-refractivity contribution in [3.05, 3.63) is 0 Å². The molecule has 6 heteroatoms. The summed E-state index contributed by atoms with van der Waals surface area (Å²) in [7, 11) is -0.863. The van der Waals surface area contributed by atoms with Gasteiger partial charge < -0.3 is 0 Å². The molecule has 19 heavy (non-hydrogen) atoms. The summed E-state index contributed by atoms with van der Waals surface area (Å²) in [5.74, 6) is 0. The third kappa shape index (κ3) is 1.94. The summed E-state index contributed by atoms with van der Waals surface area (Å²) in [6.45, 7) is 0. The van der Waals surface area contributed by atoms with E-state index in [0.717, 1.165) is 6.42 Å². The maximum absolute atomic E-state index is 12.8. The van der Waals surface area contributed by atoms with Crippen LogP contribution in [0.5, 0.6) is 0 Å². The van der Waals surface area contributed by atoms with Crippen LogP contribution in [0.1, 0.15) is 38.5 Å². The van der Waals surface area contributed by atoms with Crippen LogP contribution in [0.15, 0.2) is 0 Å². The zero-order chi connectivity index (χ0) is 13.0. The zero-order valence-electron chi connectivity index (χ0n) is 10.9. The molecule has 4 nitrogen and oxygen atoms in total. The number of alkyl halides is 1. The topological polar surface area (TPSA) is 41.6 Å². The number of hydrogen-bond acceptors (Lipinski definition) is 4. The van der Waals surface area contributed by atoms with Crippen LogP contribution in [-0.4, -0.2) is 45.5 Å².